The molecule has 0 saturated carbocycles. The fourth-order valence-corrected chi connectivity index (χ4v) is 2.67. The van der Waals surface area contributed by atoms with Gasteiger partial charge in [0.05, 0.1) is 14.2 Å². The van der Waals surface area contributed by atoms with Crippen molar-refractivity contribution >= 4 is 11.6 Å². The Morgan fingerprint density at radius 1 is 0.857 bits per heavy atom. The fraction of sp³-hybridized carbons (Fsp3) is 0.333. The molecule has 2 rings (SSSR count). The molecule has 0 fully saturated rings. The highest BCUT2D eigenvalue weighted by Crippen LogP contribution is 2.21. The normalized spacial score (nSPS) is 10.7. The average molecular weight is 305 g/mol. The topological polar surface area (TPSA) is 18.5 Å². The van der Waals surface area contributed by atoms with Gasteiger partial charge in [0.15, 0.2) is 0 Å². The summed E-state index contributed by atoms with van der Waals surface area (Å²) in [6.45, 7) is 0. The molecule has 0 atom stereocenters. The Hall–Kier alpha value is -1.67. The zero-order valence-corrected chi connectivity index (χ0v) is 13.3. The first kappa shape index (κ1) is 15.7. The van der Waals surface area contributed by atoms with Gasteiger partial charge in [0.25, 0.3) is 0 Å². The standard InChI is InChI=1S/C18H21ClO2/c1-20-17-7-3-5-14(11-17)9-16(13-19)10-15-6-4-8-18(12-15)21-2/h3-8,11-12,16H,9-10,13H2,1-2H3. The Morgan fingerprint density at radius 3 is 1.71 bits per heavy atom. The van der Waals surface area contributed by atoms with Gasteiger partial charge in [0.2, 0.25) is 0 Å². The molecular formula is C18H21ClO2. The van der Waals surface area contributed by atoms with Crippen molar-refractivity contribution in [1.29, 1.82) is 0 Å². The third kappa shape index (κ3) is 4.68. The molecule has 0 saturated heterocycles. The number of benzene rings is 2. The van der Waals surface area contributed by atoms with Crippen molar-refractivity contribution in [2.45, 2.75) is 12.8 Å². The summed E-state index contributed by atoms with van der Waals surface area (Å²) in [5, 5.41) is 0. The van der Waals surface area contributed by atoms with Crippen molar-refractivity contribution in [1.82, 2.24) is 0 Å². The first-order valence-corrected chi connectivity index (χ1v) is 7.60. The van der Waals surface area contributed by atoms with Crippen molar-refractivity contribution in [2.75, 3.05) is 20.1 Å². The Labute approximate surface area is 131 Å². The van der Waals surface area contributed by atoms with Crippen molar-refractivity contribution in [2.24, 2.45) is 5.92 Å². The summed E-state index contributed by atoms with van der Waals surface area (Å²) < 4.78 is 10.5. The van der Waals surface area contributed by atoms with E-state index in [0.29, 0.717) is 11.8 Å². The third-order valence-electron chi connectivity index (χ3n) is 3.54. The number of hydrogen-bond acceptors (Lipinski definition) is 2. The van der Waals surface area contributed by atoms with Crippen molar-refractivity contribution in [3.8, 4) is 11.5 Å². The van der Waals surface area contributed by atoms with Crippen LogP contribution in [0.5, 0.6) is 11.5 Å². The second-order valence-electron chi connectivity index (χ2n) is 5.13. The van der Waals surface area contributed by atoms with E-state index in [0.717, 1.165) is 24.3 Å². The summed E-state index contributed by atoms with van der Waals surface area (Å²) in [7, 11) is 3.38. The molecule has 3 heteroatoms. The lowest BCUT2D eigenvalue weighted by Gasteiger charge is -2.15. The average Bonchev–Trinajstić information content (AvgIpc) is 2.54. The zero-order valence-electron chi connectivity index (χ0n) is 12.5. The molecule has 0 spiro atoms. The van der Waals surface area contributed by atoms with Crippen molar-refractivity contribution in [3.63, 3.8) is 0 Å². The Balaban J connectivity index is 2.05. The van der Waals surface area contributed by atoms with Gasteiger partial charge >= 0.3 is 0 Å². The summed E-state index contributed by atoms with van der Waals surface area (Å²) in [4.78, 5) is 0. The highest BCUT2D eigenvalue weighted by Gasteiger charge is 2.11. The van der Waals surface area contributed by atoms with E-state index >= 15 is 0 Å². The van der Waals surface area contributed by atoms with Gasteiger partial charge in [-0.25, -0.2) is 0 Å². The minimum Gasteiger partial charge on any atom is -0.497 e. The van der Waals surface area contributed by atoms with Crippen LogP contribution in [0.4, 0.5) is 0 Å². The number of hydrogen-bond donors (Lipinski definition) is 0. The predicted octanol–water partition coefficient (Wildman–Crippen LogP) is 4.34. The van der Waals surface area contributed by atoms with Crippen molar-refractivity contribution in [3.05, 3.63) is 59.7 Å². The van der Waals surface area contributed by atoms with Gasteiger partial charge in [-0.2, -0.15) is 0 Å². The number of ether oxygens (including phenoxy) is 2. The molecule has 0 aliphatic rings. The van der Waals surface area contributed by atoms with Crippen LogP contribution in [0.1, 0.15) is 11.1 Å². The van der Waals surface area contributed by atoms with Crippen LogP contribution >= 0.6 is 11.6 Å². The summed E-state index contributed by atoms with van der Waals surface area (Å²) in [6.07, 6.45) is 1.88. The monoisotopic (exact) mass is 304 g/mol. The van der Waals surface area contributed by atoms with Crippen LogP contribution < -0.4 is 9.47 Å². The smallest absolute Gasteiger partial charge is 0.119 e. The van der Waals surface area contributed by atoms with E-state index < -0.39 is 0 Å². The number of alkyl halides is 1. The van der Waals surface area contributed by atoms with Gasteiger partial charge in [0, 0.05) is 5.88 Å². The molecule has 0 aliphatic heterocycles. The molecule has 0 heterocycles. The molecule has 2 aromatic rings. The predicted molar refractivity (Wildman–Crippen MR) is 87.6 cm³/mol. The van der Waals surface area contributed by atoms with Crippen molar-refractivity contribution < 1.29 is 9.47 Å². The molecule has 0 N–H and O–H groups in total. The molecule has 0 unspecified atom stereocenters. The van der Waals surface area contributed by atoms with E-state index in [1.165, 1.54) is 11.1 Å². The van der Waals surface area contributed by atoms with Gasteiger partial charge in [-0.05, 0) is 54.2 Å². The van der Waals surface area contributed by atoms with Crippen LogP contribution in [-0.2, 0) is 12.8 Å². The Kier molecular flexibility index (Phi) is 5.94. The molecule has 0 radical (unpaired) electrons. The van der Waals surface area contributed by atoms with E-state index in [1.807, 2.05) is 24.3 Å². The molecule has 2 aromatic carbocycles. The molecule has 112 valence electrons. The highest BCUT2D eigenvalue weighted by molar-refractivity contribution is 6.18. The second kappa shape index (κ2) is 7.94. The first-order valence-electron chi connectivity index (χ1n) is 7.07. The highest BCUT2D eigenvalue weighted by atomic mass is 35.5. The largest absolute Gasteiger partial charge is 0.497 e. The molecule has 0 amide bonds. The van der Waals surface area contributed by atoms with Crippen LogP contribution in [0, 0.1) is 5.92 Å². The van der Waals surface area contributed by atoms with E-state index in [4.69, 9.17) is 21.1 Å². The SMILES string of the molecule is COc1cccc(CC(CCl)Cc2cccc(OC)c2)c1. The number of halogens is 1. The molecular weight excluding hydrogens is 284 g/mol. The third-order valence-corrected chi connectivity index (χ3v) is 3.97. The van der Waals surface area contributed by atoms with Crippen LogP contribution in [-0.4, -0.2) is 20.1 Å². The van der Waals surface area contributed by atoms with Crippen LogP contribution in [0.2, 0.25) is 0 Å². The number of methoxy groups -OCH3 is 2. The molecule has 0 aliphatic carbocycles. The zero-order chi connectivity index (χ0) is 15.1. The molecule has 2 nitrogen and oxygen atoms in total. The quantitative estimate of drug-likeness (QED) is 0.708. The van der Waals surface area contributed by atoms with Gasteiger partial charge in [0.1, 0.15) is 11.5 Å². The minimum absolute atomic E-state index is 0.394. The fourth-order valence-electron chi connectivity index (χ4n) is 2.45. The summed E-state index contributed by atoms with van der Waals surface area (Å²) in [6, 6.07) is 16.3. The summed E-state index contributed by atoms with van der Waals surface area (Å²) in [5.74, 6) is 2.81. The second-order valence-corrected chi connectivity index (χ2v) is 5.44. The van der Waals surface area contributed by atoms with Gasteiger partial charge in [-0.15, -0.1) is 11.6 Å². The first-order chi connectivity index (χ1) is 10.2. The van der Waals surface area contributed by atoms with Crippen LogP contribution in [0.15, 0.2) is 48.5 Å². The van der Waals surface area contributed by atoms with Crippen LogP contribution in [0.3, 0.4) is 0 Å². The summed E-state index contributed by atoms with van der Waals surface area (Å²) >= 11 is 6.15. The lowest BCUT2D eigenvalue weighted by atomic mass is 9.94. The van der Waals surface area contributed by atoms with E-state index in [2.05, 4.69) is 24.3 Å². The van der Waals surface area contributed by atoms with E-state index in [-0.39, 0.29) is 0 Å². The van der Waals surface area contributed by atoms with E-state index in [1.54, 1.807) is 14.2 Å². The summed E-state index contributed by atoms with van der Waals surface area (Å²) in [5.41, 5.74) is 2.51. The maximum Gasteiger partial charge on any atom is 0.119 e. The number of rotatable bonds is 7. The van der Waals surface area contributed by atoms with E-state index in [9.17, 15) is 0 Å². The van der Waals surface area contributed by atoms with Gasteiger partial charge in [-0.3, -0.25) is 0 Å². The molecule has 21 heavy (non-hydrogen) atoms. The maximum absolute atomic E-state index is 6.15. The Bertz CT molecular complexity index is 519. The maximum atomic E-state index is 6.15. The molecule has 0 aromatic heterocycles. The Morgan fingerprint density at radius 2 is 1.33 bits per heavy atom. The van der Waals surface area contributed by atoms with Gasteiger partial charge < -0.3 is 9.47 Å². The minimum atomic E-state index is 0.394. The van der Waals surface area contributed by atoms with Gasteiger partial charge in [-0.1, -0.05) is 24.3 Å². The lowest BCUT2D eigenvalue weighted by molar-refractivity contribution is 0.413. The lowest BCUT2D eigenvalue weighted by Crippen LogP contribution is -2.10. The van der Waals surface area contributed by atoms with Crippen LogP contribution in [0.25, 0.3) is 0 Å². The molecule has 0 bridgehead atoms.